The van der Waals surface area contributed by atoms with Crippen LogP contribution in [0.5, 0.6) is 23.0 Å². The summed E-state index contributed by atoms with van der Waals surface area (Å²) in [6, 6.07) is 22.1. The molecule has 0 radical (unpaired) electrons. The summed E-state index contributed by atoms with van der Waals surface area (Å²) in [5.41, 5.74) is 2.08. The molecule has 0 fully saturated rings. The van der Waals surface area contributed by atoms with Crippen molar-refractivity contribution in [2.24, 2.45) is 0 Å². The molecule has 5 heteroatoms. The van der Waals surface area contributed by atoms with E-state index in [0.29, 0.717) is 40.7 Å². The molecule has 3 aromatic carbocycles. The number of carbonyl (C=O) groups is 1. The minimum atomic E-state index is -0.408. The molecule has 0 bridgehead atoms. The van der Waals surface area contributed by atoms with E-state index >= 15 is 0 Å². The molecule has 0 N–H and O–H groups in total. The molecule has 0 saturated carbocycles. The Labute approximate surface area is 163 Å². The number of hydrogen-bond acceptors (Lipinski definition) is 5. The Morgan fingerprint density at radius 1 is 0.964 bits per heavy atom. The highest BCUT2D eigenvalue weighted by Crippen LogP contribution is 2.34. The van der Waals surface area contributed by atoms with E-state index in [-0.39, 0.29) is 0 Å². The van der Waals surface area contributed by atoms with E-state index in [9.17, 15) is 10.1 Å². The van der Waals surface area contributed by atoms with Crippen LogP contribution in [-0.2, 0) is 11.4 Å². The van der Waals surface area contributed by atoms with Crippen LogP contribution in [-0.4, -0.2) is 5.97 Å². The van der Waals surface area contributed by atoms with Crippen molar-refractivity contribution in [1.82, 2.24) is 0 Å². The molecule has 3 aromatic rings. The summed E-state index contributed by atoms with van der Waals surface area (Å²) in [7, 11) is 0. The third-order valence-corrected chi connectivity index (χ3v) is 4.03. The third kappa shape index (κ3) is 4.68. The maximum atomic E-state index is 11.2. The van der Waals surface area contributed by atoms with Crippen LogP contribution < -0.4 is 14.2 Å². The zero-order chi connectivity index (χ0) is 19.9. The van der Waals surface area contributed by atoms with Crippen LogP contribution in [0.3, 0.4) is 0 Å². The Kier molecular flexibility index (Phi) is 5.93. The number of carbonyl (C=O) groups excluding carboxylic acids is 1. The van der Waals surface area contributed by atoms with E-state index in [2.05, 4.69) is 6.07 Å². The zero-order valence-electron chi connectivity index (χ0n) is 15.6. The molecule has 0 amide bonds. The number of nitrogens with zero attached hydrogens (tertiary/aromatic N) is 1. The Bertz CT molecular complexity index is 1020. The first kappa shape index (κ1) is 19.0. The standard InChI is InChI=1S/C23H19NO4/c1-16-21(27-17(2)25)9-6-10-22(16)28-23-13-20(12-11-19(23)14-24)26-15-18-7-4-3-5-8-18/h3-13H,15H2,1-2H3. The Hall–Kier alpha value is -3.78. The first-order valence-corrected chi connectivity index (χ1v) is 8.73. The number of hydrogen-bond donors (Lipinski definition) is 0. The van der Waals surface area contributed by atoms with Crippen LogP contribution in [0, 0.1) is 18.3 Å². The van der Waals surface area contributed by atoms with Crippen LogP contribution in [0.25, 0.3) is 0 Å². The lowest BCUT2D eigenvalue weighted by Gasteiger charge is -2.14. The van der Waals surface area contributed by atoms with Crippen molar-refractivity contribution in [1.29, 1.82) is 5.26 Å². The van der Waals surface area contributed by atoms with Gasteiger partial charge in [0.2, 0.25) is 0 Å². The highest BCUT2D eigenvalue weighted by Gasteiger charge is 2.12. The average Bonchev–Trinajstić information content (AvgIpc) is 2.70. The van der Waals surface area contributed by atoms with Gasteiger partial charge in [-0.2, -0.15) is 5.26 Å². The van der Waals surface area contributed by atoms with Crippen molar-refractivity contribution in [3.8, 4) is 29.1 Å². The molecule has 0 spiro atoms. The molecular weight excluding hydrogens is 354 g/mol. The van der Waals surface area contributed by atoms with Crippen LogP contribution in [0.2, 0.25) is 0 Å². The molecule has 0 heterocycles. The summed E-state index contributed by atoms with van der Waals surface area (Å²) in [4.78, 5) is 11.2. The second kappa shape index (κ2) is 8.74. The van der Waals surface area contributed by atoms with Gasteiger partial charge in [0.25, 0.3) is 0 Å². The fraction of sp³-hybridized carbons (Fsp3) is 0.130. The fourth-order valence-corrected chi connectivity index (χ4v) is 2.60. The van der Waals surface area contributed by atoms with Gasteiger partial charge in [-0.05, 0) is 36.8 Å². The Morgan fingerprint density at radius 2 is 1.71 bits per heavy atom. The molecule has 0 saturated heterocycles. The molecule has 5 nitrogen and oxygen atoms in total. The summed E-state index contributed by atoms with van der Waals surface area (Å²) in [5.74, 6) is 1.47. The monoisotopic (exact) mass is 373 g/mol. The molecule has 140 valence electrons. The normalized spacial score (nSPS) is 10.0. The van der Waals surface area contributed by atoms with Crippen molar-refractivity contribution in [2.45, 2.75) is 20.5 Å². The van der Waals surface area contributed by atoms with Crippen molar-refractivity contribution < 1.29 is 19.0 Å². The van der Waals surface area contributed by atoms with Gasteiger partial charge in [0.15, 0.2) is 0 Å². The largest absolute Gasteiger partial charge is 0.489 e. The van der Waals surface area contributed by atoms with Gasteiger partial charge < -0.3 is 14.2 Å². The maximum absolute atomic E-state index is 11.2. The summed E-state index contributed by atoms with van der Waals surface area (Å²) < 4.78 is 17.0. The van der Waals surface area contributed by atoms with E-state index < -0.39 is 5.97 Å². The SMILES string of the molecule is CC(=O)Oc1cccc(Oc2cc(OCc3ccccc3)ccc2C#N)c1C. The Balaban J connectivity index is 1.83. The molecule has 28 heavy (non-hydrogen) atoms. The van der Waals surface area contributed by atoms with E-state index in [1.165, 1.54) is 6.92 Å². The van der Waals surface area contributed by atoms with Crippen LogP contribution in [0.15, 0.2) is 66.7 Å². The second-order valence-corrected chi connectivity index (χ2v) is 6.12. The summed E-state index contributed by atoms with van der Waals surface area (Å²) >= 11 is 0. The molecule has 0 aromatic heterocycles. The molecule has 0 aliphatic heterocycles. The maximum Gasteiger partial charge on any atom is 0.308 e. The van der Waals surface area contributed by atoms with E-state index in [1.807, 2.05) is 30.3 Å². The smallest absolute Gasteiger partial charge is 0.308 e. The average molecular weight is 373 g/mol. The zero-order valence-corrected chi connectivity index (χ0v) is 15.6. The predicted molar refractivity (Wildman–Crippen MR) is 104 cm³/mol. The molecule has 0 aliphatic rings. The van der Waals surface area contributed by atoms with Gasteiger partial charge >= 0.3 is 5.97 Å². The number of rotatable bonds is 6. The predicted octanol–water partition coefficient (Wildman–Crippen LogP) is 5.16. The molecule has 0 unspecified atom stereocenters. The third-order valence-electron chi connectivity index (χ3n) is 4.03. The van der Waals surface area contributed by atoms with Crippen molar-refractivity contribution in [3.05, 3.63) is 83.4 Å². The highest BCUT2D eigenvalue weighted by molar-refractivity contribution is 5.70. The number of benzene rings is 3. The highest BCUT2D eigenvalue weighted by atomic mass is 16.5. The second-order valence-electron chi connectivity index (χ2n) is 6.12. The van der Waals surface area contributed by atoms with Gasteiger partial charge in [-0.3, -0.25) is 4.79 Å². The Morgan fingerprint density at radius 3 is 2.43 bits per heavy atom. The summed E-state index contributed by atoms with van der Waals surface area (Å²) in [5, 5.41) is 9.40. The minimum absolute atomic E-state index is 0.371. The van der Waals surface area contributed by atoms with Crippen LogP contribution >= 0.6 is 0 Å². The van der Waals surface area contributed by atoms with Crippen molar-refractivity contribution >= 4 is 5.97 Å². The first-order valence-electron chi connectivity index (χ1n) is 8.73. The molecule has 3 rings (SSSR count). The fourth-order valence-electron chi connectivity index (χ4n) is 2.60. The van der Waals surface area contributed by atoms with Gasteiger partial charge in [-0.25, -0.2) is 0 Å². The van der Waals surface area contributed by atoms with Crippen LogP contribution in [0.4, 0.5) is 0 Å². The summed E-state index contributed by atoms with van der Waals surface area (Å²) in [6.45, 7) is 3.54. The number of ether oxygens (including phenoxy) is 3. The lowest BCUT2D eigenvalue weighted by molar-refractivity contribution is -0.131. The van der Waals surface area contributed by atoms with Crippen molar-refractivity contribution in [3.63, 3.8) is 0 Å². The summed E-state index contributed by atoms with van der Waals surface area (Å²) in [6.07, 6.45) is 0. The number of nitriles is 1. The minimum Gasteiger partial charge on any atom is -0.489 e. The number of esters is 1. The quantitative estimate of drug-likeness (QED) is 0.441. The van der Waals surface area contributed by atoms with E-state index in [0.717, 1.165) is 5.56 Å². The van der Waals surface area contributed by atoms with Gasteiger partial charge in [0.05, 0.1) is 5.56 Å². The molecule has 0 aliphatic carbocycles. The molecular formula is C23H19NO4. The topological polar surface area (TPSA) is 68.6 Å². The lowest BCUT2D eigenvalue weighted by Crippen LogP contribution is -2.03. The van der Waals surface area contributed by atoms with Gasteiger partial charge in [-0.15, -0.1) is 0 Å². The van der Waals surface area contributed by atoms with E-state index in [4.69, 9.17) is 14.2 Å². The lowest BCUT2D eigenvalue weighted by atomic mass is 10.2. The first-order chi connectivity index (χ1) is 13.6. The van der Waals surface area contributed by atoms with Crippen molar-refractivity contribution in [2.75, 3.05) is 0 Å². The van der Waals surface area contributed by atoms with Gasteiger partial charge in [-0.1, -0.05) is 36.4 Å². The van der Waals surface area contributed by atoms with Gasteiger partial charge in [0.1, 0.15) is 35.7 Å². The van der Waals surface area contributed by atoms with Gasteiger partial charge in [0, 0.05) is 18.6 Å². The van der Waals surface area contributed by atoms with E-state index in [1.54, 1.807) is 43.3 Å². The molecule has 0 atom stereocenters. The van der Waals surface area contributed by atoms with Crippen LogP contribution in [0.1, 0.15) is 23.6 Å².